The van der Waals surface area contributed by atoms with Gasteiger partial charge in [-0.3, -0.25) is 14.7 Å². The number of amides is 1. The highest BCUT2D eigenvalue weighted by Crippen LogP contribution is 2.31. The van der Waals surface area contributed by atoms with Crippen molar-refractivity contribution in [3.8, 4) is 0 Å². The van der Waals surface area contributed by atoms with Crippen molar-refractivity contribution in [2.75, 3.05) is 36.4 Å². The first-order valence-electron chi connectivity index (χ1n) is 14.6. The van der Waals surface area contributed by atoms with Crippen LogP contribution in [-0.4, -0.2) is 70.1 Å². The van der Waals surface area contributed by atoms with E-state index in [1.54, 1.807) is 12.3 Å². The van der Waals surface area contributed by atoms with Gasteiger partial charge in [-0.25, -0.2) is 4.98 Å². The van der Waals surface area contributed by atoms with Gasteiger partial charge in [0.1, 0.15) is 11.5 Å². The molecule has 2 aliphatic heterocycles. The molecule has 3 aliphatic rings. The maximum Gasteiger partial charge on any atom is 0.269 e. The van der Waals surface area contributed by atoms with Crippen molar-refractivity contribution >= 4 is 17.7 Å². The molecule has 2 saturated heterocycles. The van der Waals surface area contributed by atoms with Gasteiger partial charge in [0, 0.05) is 50.2 Å². The Bertz CT molecular complexity index is 973. The summed E-state index contributed by atoms with van der Waals surface area (Å²) < 4.78 is 0. The molecule has 5 rings (SSSR count). The van der Waals surface area contributed by atoms with Gasteiger partial charge >= 0.3 is 0 Å². The van der Waals surface area contributed by atoms with Crippen molar-refractivity contribution in [1.82, 2.24) is 25.2 Å². The molecule has 0 bridgehead atoms. The van der Waals surface area contributed by atoms with E-state index in [4.69, 9.17) is 4.98 Å². The van der Waals surface area contributed by atoms with Crippen molar-refractivity contribution in [3.63, 3.8) is 0 Å². The van der Waals surface area contributed by atoms with Crippen LogP contribution < -0.4 is 15.5 Å². The molecule has 1 saturated carbocycles. The van der Waals surface area contributed by atoms with Crippen LogP contribution in [0.25, 0.3) is 0 Å². The highest BCUT2D eigenvalue weighted by molar-refractivity contribution is 5.92. The fourth-order valence-corrected chi connectivity index (χ4v) is 6.47. The molecular formula is C29H43N7O. The third-order valence-electron chi connectivity index (χ3n) is 8.37. The number of rotatable bonds is 8. The van der Waals surface area contributed by atoms with Crippen molar-refractivity contribution in [3.05, 3.63) is 42.4 Å². The quantitative estimate of drug-likeness (QED) is 0.540. The number of carbonyl (C=O) groups excluding carboxylic acids is 1. The molecule has 2 atom stereocenters. The largest absolute Gasteiger partial charge is 0.356 e. The molecule has 8 nitrogen and oxygen atoms in total. The maximum atomic E-state index is 12.6. The number of pyridine rings is 1. The third-order valence-corrected chi connectivity index (χ3v) is 8.37. The van der Waals surface area contributed by atoms with Gasteiger partial charge in [0.15, 0.2) is 0 Å². The van der Waals surface area contributed by atoms with E-state index in [0.29, 0.717) is 24.3 Å². The van der Waals surface area contributed by atoms with Crippen LogP contribution in [0.1, 0.15) is 87.5 Å². The Morgan fingerprint density at radius 3 is 2.46 bits per heavy atom. The molecule has 2 N–H and O–H groups in total. The van der Waals surface area contributed by atoms with Crippen LogP contribution in [0.4, 0.5) is 11.8 Å². The second-order valence-electron chi connectivity index (χ2n) is 10.9. The number of carbonyl (C=O) groups is 1. The molecule has 1 amide bonds. The average molecular weight is 506 g/mol. The van der Waals surface area contributed by atoms with Crippen molar-refractivity contribution in [2.24, 2.45) is 0 Å². The van der Waals surface area contributed by atoms with Gasteiger partial charge in [0.25, 0.3) is 5.91 Å². The lowest BCUT2D eigenvalue weighted by molar-refractivity contribution is 0.0591. The first-order chi connectivity index (χ1) is 18.3. The van der Waals surface area contributed by atoms with Crippen molar-refractivity contribution < 1.29 is 4.79 Å². The summed E-state index contributed by atoms with van der Waals surface area (Å²) in [6.07, 6.45) is 18.4. The molecule has 0 spiro atoms. The van der Waals surface area contributed by atoms with Gasteiger partial charge in [-0.2, -0.15) is 4.98 Å². The van der Waals surface area contributed by atoms with E-state index >= 15 is 0 Å². The minimum atomic E-state index is -0.0985. The molecule has 2 unspecified atom stereocenters. The second-order valence-corrected chi connectivity index (χ2v) is 10.9. The van der Waals surface area contributed by atoms with E-state index in [9.17, 15) is 4.79 Å². The van der Waals surface area contributed by atoms with Crippen LogP contribution in [-0.2, 0) is 0 Å². The van der Waals surface area contributed by atoms with Gasteiger partial charge < -0.3 is 15.5 Å². The zero-order valence-corrected chi connectivity index (χ0v) is 22.2. The minimum absolute atomic E-state index is 0.0985. The van der Waals surface area contributed by atoms with Crippen molar-refractivity contribution in [1.29, 1.82) is 0 Å². The Labute approximate surface area is 221 Å². The molecule has 0 aromatic carbocycles. The van der Waals surface area contributed by atoms with E-state index in [1.807, 2.05) is 18.3 Å². The molecule has 4 heterocycles. The number of aromatic nitrogens is 3. The van der Waals surface area contributed by atoms with Crippen LogP contribution in [0.2, 0.25) is 0 Å². The van der Waals surface area contributed by atoms with Gasteiger partial charge in [-0.15, -0.1) is 0 Å². The SMILES string of the molecule is O=C(NCCC1C(Nc2nccc(N3CCCCCC3)n2)CCCN1C1CCCCC1)c1ccccn1. The Balaban J connectivity index is 1.28. The van der Waals surface area contributed by atoms with E-state index in [0.717, 1.165) is 44.2 Å². The summed E-state index contributed by atoms with van der Waals surface area (Å²) in [5, 5.41) is 6.87. The highest BCUT2D eigenvalue weighted by Gasteiger charge is 2.36. The Morgan fingerprint density at radius 1 is 0.865 bits per heavy atom. The van der Waals surface area contributed by atoms with Crippen molar-refractivity contribution in [2.45, 2.75) is 95.2 Å². The number of likely N-dealkylation sites (tertiary alicyclic amines) is 1. The van der Waals surface area contributed by atoms with Crippen LogP contribution in [0.15, 0.2) is 36.7 Å². The number of nitrogens with one attached hydrogen (secondary N) is 2. The van der Waals surface area contributed by atoms with Gasteiger partial charge in [-0.05, 0) is 69.7 Å². The summed E-state index contributed by atoms with van der Waals surface area (Å²) in [5.74, 6) is 1.68. The zero-order valence-electron chi connectivity index (χ0n) is 22.2. The molecular weight excluding hydrogens is 462 g/mol. The first kappa shape index (κ1) is 25.9. The molecule has 8 heteroatoms. The van der Waals surface area contributed by atoms with Gasteiger partial charge in [-0.1, -0.05) is 38.2 Å². The monoisotopic (exact) mass is 505 g/mol. The van der Waals surface area contributed by atoms with E-state index in [2.05, 4.69) is 36.5 Å². The second kappa shape index (κ2) is 13.2. The summed E-state index contributed by atoms with van der Waals surface area (Å²) in [6, 6.07) is 8.75. The zero-order chi connectivity index (χ0) is 25.3. The summed E-state index contributed by atoms with van der Waals surface area (Å²) in [7, 11) is 0. The molecule has 1 aliphatic carbocycles. The first-order valence-corrected chi connectivity index (χ1v) is 14.6. The maximum absolute atomic E-state index is 12.6. The van der Waals surface area contributed by atoms with E-state index in [-0.39, 0.29) is 11.9 Å². The van der Waals surface area contributed by atoms with E-state index < -0.39 is 0 Å². The predicted octanol–water partition coefficient (Wildman–Crippen LogP) is 4.65. The molecule has 37 heavy (non-hydrogen) atoms. The number of hydrogen-bond donors (Lipinski definition) is 2. The number of anilines is 2. The number of hydrogen-bond acceptors (Lipinski definition) is 7. The van der Waals surface area contributed by atoms with Gasteiger partial charge in [0.2, 0.25) is 5.95 Å². The minimum Gasteiger partial charge on any atom is -0.356 e. The van der Waals surface area contributed by atoms with Crippen LogP contribution >= 0.6 is 0 Å². The Morgan fingerprint density at radius 2 is 1.68 bits per heavy atom. The van der Waals surface area contributed by atoms with Gasteiger partial charge in [0.05, 0.1) is 0 Å². The molecule has 3 fully saturated rings. The highest BCUT2D eigenvalue weighted by atomic mass is 16.1. The fraction of sp³-hybridized carbons (Fsp3) is 0.655. The number of nitrogens with zero attached hydrogens (tertiary/aromatic N) is 5. The van der Waals surface area contributed by atoms with Crippen LogP contribution in [0, 0.1) is 0 Å². The normalized spacial score (nSPS) is 23.8. The Hall–Kier alpha value is -2.74. The smallest absolute Gasteiger partial charge is 0.269 e. The summed E-state index contributed by atoms with van der Waals surface area (Å²) in [6.45, 7) is 3.92. The average Bonchev–Trinajstić information content (AvgIpc) is 3.25. The lowest BCUT2D eigenvalue weighted by Gasteiger charge is -2.47. The topological polar surface area (TPSA) is 86.3 Å². The molecule has 2 aromatic heterocycles. The summed E-state index contributed by atoms with van der Waals surface area (Å²) >= 11 is 0. The molecule has 200 valence electrons. The summed E-state index contributed by atoms with van der Waals surface area (Å²) in [4.78, 5) is 31.6. The lowest BCUT2D eigenvalue weighted by Crippen LogP contribution is -2.56. The fourth-order valence-electron chi connectivity index (χ4n) is 6.47. The summed E-state index contributed by atoms with van der Waals surface area (Å²) in [5.41, 5.74) is 0.476. The predicted molar refractivity (Wildman–Crippen MR) is 148 cm³/mol. The number of piperidine rings is 1. The third kappa shape index (κ3) is 6.98. The lowest BCUT2D eigenvalue weighted by atomic mass is 9.87. The van der Waals surface area contributed by atoms with Crippen LogP contribution in [0.5, 0.6) is 0 Å². The van der Waals surface area contributed by atoms with Crippen LogP contribution in [0.3, 0.4) is 0 Å². The standard InChI is InChI=1S/C29H43N7O/c37-28(25-13-6-7-17-30-25)31-18-15-26-24(14-10-22-36(26)23-11-4-3-5-12-23)33-29-32-19-16-27(34-29)35-20-8-1-2-9-21-35/h6-7,13,16-17,19,23-24,26H,1-5,8-12,14-15,18,20-22H2,(H,31,37)(H,32,33,34). The van der Waals surface area contributed by atoms with E-state index in [1.165, 1.54) is 64.2 Å². The molecule has 0 radical (unpaired) electrons. The molecule has 2 aromatic rings. The Kier molecular flexibility index (Phi) is 9.22.